The van der Waals surface area contributed by atoms with Crippen LogP contribution in [0.25, 0.3) is 0 Å². The third-order valence-electron chi connectivity index (χ3n) is 5.66. The van der Waals surface area contributed by atoms with Crippen molar-refractivity contribution >= 4 is 29.9 Å². The molecule has 7 heteroatoms. The molecule has 0 spiro atoms. The smallest absolute Gasteiger partial charge is 0.191 e. The first-order valence-corrected chi connectivity index (χ1v) is 11.3. The van der Waals surface area contributed by atoms with Crippen LogP contribution in [0.4, 0.5) is 0 Å². The van der Waals surface area contributed by atoms with Crippen LogP contribution in [0, 0.1) is 0 Å². The lowest BCUT2D eigenvalue weighted by molar-refractivity contribution is 0.183. The lowest BCUT2D eigenvalue weighted by atomic mass is 10.0. The van der Waals surface area contributed by atoms with Gasteiger partial charge in [-0.2, -0.15) is 0 Å². The summed E-state index contributed by atoms with van der Waals surface area (Å²) in [5, 5.41) is 17.2. The average Bonchev–Trinajstić information content (AvgIpc) is 3.33. The highest BCUT2D eigenvalue weighted by Crippen LogP contribution is 2.31. The van der Waals surface area contributed by atoms with E-state index in [0.717, 1.165) is 43.5 Å². The van der Waals surface area contributed by atoms with Gasteiger partial charge in [-0.05, 0) is 44.5 Å². The molecule has 2 aromatic rings. The van der Waals surface area contributed by atoms with Crippen molar-refractivity contribution in [3.63, 3.8) is 0 Å². The number of hydrogen-bond acceptors (Lipinski definition) is 4. The zero-order valence-corrected chi connectivity index (χ0v) is 21.5. The van der Waals surface area contributed by atoms with E-state index >= 15 is 0 Å². The first-order chi connectivity index (χ1) is 15.2. The van der Waals surface area contributed by atoms with Crippen LogP contribution in [-0.4, -0.2) is 61.9 Å². The van der Waals surface area contributed by atoms with Gasteiger partial charge in [0.2, 0.25) is 0 Å². The Balaban J connectivity index is 0.00000363. The van der Waals surface area contributed by atoms with Crippen molar-refractivity contribution < 1.29 is 9.84 Å². The Morgan fingerprint density at radius 2 is 1.75 bits per heavy atom. The largest absolute Gasteiger partial charge is 0.496 e. The summed E-state index contributed by atoms with van der Waals surface area (Å²) < 4.78 is 5.64. The molecule has 0 aliphatic carbocycles. The van der Waals surface area contributed by atoms with Crippen molar-refractivity contribution in [3.8, 4) is 5.75 Å². The molecule has 1 aliphatic rings. The summed E-state index contributed by atoms with van der Waals surface area (Å²) in [5.74, 6) is 1.65. The van der Waals surface area contributed by atoms with Crippen LogP contribution < -0.4 is 15.4 Å². The molecule has 0 amide bonds. The van der Waals surface area contributed by atoms with Gasteiger partial charge in [0.05, 0.1) is 25.8 Å². The zero-order chi connectivity index (χ0) is 21.9. The number of guanidine groups is 1. The second-order valence-electron chi connectivity index (χ2n) is 7.94. The molecule has 6 nitrogen and oxygen atoms in total. The molecule has 1 fully saturated rings. The van der Waals surface area contributed by atoms with Gasteiger partial charge >= 0.3 is 0 Å². The predicted octanol–water partition coefficient (Wildman–Crippen LogP) is 3.61. The molecule has 1 aliphatic heterocycles. The summed E-state index contributed by atoms with van der Waals surface area (Å²) >= 11 is 0. The summed E-state index contributed by atoms with van der Waals surface area (Å²) in [6.07, 6.45) is 2.54. The van der Waals surface area contributed by atoms with E-state index < -0.39 is 6.10 Å². The maximum absolute atomic E-state index is 10.4. The van der Waals surface area contributed by atoms with Gasteiger partial charge in [-0.15, -0.1) is 24.0 Å². The van der Waals surface area contributed by atoms with Gasteiger partial charge in [-0.25, -0.2) is 0 Å². The number of likely N-dealkylation sites (tertiary alicyclic amines) is 1. The third kappa shape index (κ3) is 7.94. The molecule has 0 radical (unpaired) electrons. The van der Waals surface area contributed by atoms with Gasteiger partial charge in [-0.1, -0.05) is 48.5 Å². The van der Waals surface area contributed by atoms with E-state index in [2.05, 4.69) is 39.6 Å². The van der Waals surface area contributed by atoms with Crippen molar-refractivity contribution in [3.05, 3.63) is 65.7 Å². The Hall–Kier alpha value is -1.84. The van der Waals surface area contributed by atoms with Crippen LogP contribution in [-0.2, 0) is 6.42 Å². The second-order valence-corrected chi connectivity index (χ2v) is 7.94. The van der Waals surface area contributed by atoms with Gasteiger partial charge in [0.1, 0.15) is 5.75 Å². The normalized spacial score (nSPS) is 16.2. The van der Waals surface area contributed by atoms with Crippen molar-refractivity contribution in [2.24, 2.45) is 4.99 Å². The summed E-state index contributed by atoms with van der Waals surface area (Å²) in [4.78, 5) is 7.15. The van der Waals surface area contributed by atoms with Crippen LogP contribution in [0.5, 0.6) is 5.75 Å². The highest BCUT2D eigenvalue weighted by Gasteiger charge is 2.26. The average molecular weight is 553 g/mol. The van der Waals surface area contributed by atoms with Crippen LogP contribution in [0.2, 0.25) is 0 Å². The summed E-state index contributed by atoms with van der Waals surface area (Å²) in [6, 6.07) is 18.5. The Bertz CT molecular complexity index is 813. The van der Waals surface area contributed by atoms with Crippen LogP contribution in [0.3, 0.4) is 0 Å². The van der Waals surface area contributed by atoms with E-state index in [1.54, 1.807) is 7.11 Å². The highest BCUT2D eigenvalue weighted by molar-refractivity contribution is 14.0. The number of hydrogen-bond donors (Lipinski definition) is 3. The number of para-hydroxylation sites is 1. The Morgan fingerprint density at radius 1 is 1.06 bits per heavy atom. The fraction of sp³-hybridized carbons (Fsp3) is 0.480. The van der Waals surface area contributed by atoms with E-state index in [4.69, 9.17) is 4.74 Å². The lowest BCUT2D eigenvalue weighted by Crippen LogP contribution is -2.43. The first-order valence-electron chi connectivity index (χ1n) is 11.3. The van der Waals surface area contributed by atoms with Crippen molar-refractivity contribution in [1.29, 1.82) is 0 Å². The minimum Gasteiger partial charge on any atom is -0.496 e. The van der Waals surface area contributed by atoms with E-state index in [1.807, 2.05) is 42.5 Å². The van der Waals surface area contributed by atoms with Crippen LogP contribution >= 0.6 is 24.0 Å². The number of aliphatic imine (C=N–C) groups is 1. The number of nitrogens with zero attached hydrogens (tertiary/aromatic N) is 2. The molecule has 2 aromatic carbocycles. The molecule has 2 unspecified atom stereocenters. The molecular weight excluding hydrogens is 515 g/mol. The van der Waals surface area contributed by atoms with Gasteiger partial charge in [0.25, 0.3) is 0 Å². The first kappa shape index (κ1) is 26.4. The fourth-order valence-corrected chi connectivity index (χ4v) is 4.11. The minimum absolute atomic E-state index is 0. The number of nitrogens with one attached hydrogen (secondary N) is 2. The number of halogens is 1. The number of methoxy groups -OCH3 is 1. The molecule has 0 bridgehead atoms. The predicted molar refractivity (Wildman–Crippen MR) is 142 cm³/mol. The number of ether oxygens (including phenoxy) is 1. The molecule has 2 atom stereocenters. The Morgan fingerprint density at radius 3 is 2.44 bits per heavy atom. The summed E-state index contributed by atoms with van der Waals surface area (Å²) in [5.41, 5.74) is 2.31. The molecule has 3 N–H and O–H groups in total. The molecule has 1 saturated heterocycles. The minimum atomic E-state index is -0.513. The van der Waals surface area contributed by atoms with Crippen LogP contribution in [0.1, 0.15) is 36.9 Å². The molecule has 0 saturated carbocycles. The van der Waals surface area contributed by atoms with Crippen LogP contribution in [0.15, 0.2) is 59.6 Å². The maximum atomic E-state index is 10.4. The second kappa shape index (κ2) is 14.3. The molecule has 0 aromatic heterocycles. The Kier molecular flexibility index (Phi) is 11.8. The molecule has 32 heavy (non-hydrogen) atoms. The Labute approximate surface area is 209 Å². The zero-order valence-electron chi connectivity index (χ0n) is 19.2. The third-order valence-corrected chi connectivity index (χ3v) is 5.66. The lowest BCUT2D eigenvalue weighted by Gasteiger charge is -2.30. The van der Waals surface area contributed by atoms with E-state index in [9.17, 15) is 5.11 Å². The molecule has 176 valence electrons. The fourth-order valence-electron chi connectivity index (χ4n) is 4.11. The van der Waals surface area contributed by atoms with Gasteiger partial charge in [0.15, 0.2) is 5.96 Å². The van der Waals surface area contributed by atoms with E-state index in [1.165, 1.54) is 18.4 Å². The SMILES string of the molecule is CCNC(=NCC(O)Cc1ccccc1)NCC(c1ccccc1OC)N1CCCC1.I. The van der Waals surface area contributed by atoms with Crippen molar-refractivity contribution in [1.82, 2.24) is 15.5 Å². The number of aliphatic hydroxyl groups excluding tert-OH is 1. The van der Waals surface area contributed by atoms with E-state index in [0.29, 0.717) is 13.0 Å². The molecule has 3 rings (SSSR count). The summed E-state index contributed by atoms with van der Waals surface area (Å²) in [7, 11) is 1.73. The van der Waals surface area contributed by atoms with Gasteiger partial charge in [-0.3, -0.25) is 9.89 Å². The number of rotatable bonds is 10. The standard InChI is InChI=1S/C25H36N4O2.HI/c1-3-26-25(27-18-21(30)17-20-11-5-4-6-12-20)28-19-23(29-15-9-10-16-29)22-13-7-8-14-24(22)31-2;/h4-8,11-14,21,23,30H,3,9-10,15-19H2,1-2H3,(H2,26,27,28);1H. The molecular formula is C25H37IN4O2. The maximum Gasteiger partial charge on any atom is 0.191 e. The number of benzene rings is 2. The van der Waals surface area contributed by atoms with E-state index in [-0.39, 0.29) is 30.0 Å². The van der Waals surface area contributed by atoms with Gasteiger partial charge < -0.3 is 20.5 Å². The van der Waals surface area contributed by atoms with Crippen molar-refractivity contribution in [2.75, 3.05) is 39.8 Å². The van der Waals surface area contributed by atoms with Gasteiger partial charge in [0, 0.05) is 25.1 Å². The highest BCUT2D eigenvalue weighted by atomic mass is 127. The summed E-state index contributed by atoms with van der Waals surface area (Å²) in [6.45, 7) is 6.08. The molecule has 1 heterocycles. The topological polar surface area (TPSA) is 69.1 Å². The quantitative estimate of drug-likeness (QED) is 0.239. The monoisotopic (exact) mass is 552 g/mol. The number of aliphatic hydroxyl groups is 1. The van der Waals surface area contributed by atoms with Crippen molar-refractivity contribution in [2.45, 2.75) is 38.3 Å².